The number of nitrogens with zero attached hydrogens (tertiary/aromatic N) is 1. The largest absolute Gasteiger partial charge is 0.413 e. The molecule has 0 unspecified atom stereocenters. The van der Waals surface area contributed by atoms with Gasteiger partial charge in [-0.3, -0.25) is 9.79 Å². The Hall–Kier alpha value is -1.26. The van der Waals surface area contributed by atoms with Crippen molar-refractivity contribution < 1.29 is 9.22 Å². The lowest BCUT2D eigenvalue weighted by molar-refractivity contribution is -0.102. The van der Waals surface area contributed by atoms with Crippen LogP contribution in [0.2, 0.25) is 18.1 Å². The Kier molecular flexibility index (Phi) is 6.10. The minimum atomic E-state index is -1.79. The zero-order valence-corrected chi connectivity index (χ0v) is 16.9. The molecule has 0 aliphatic heterocycles. The molecule has 0 bridgehead atoms. The number of carbonyl (C=O) groups is 1. The number of hydrogen-bond acceptors (Lipinski definition) is 3. The van der Waals surface area contributed by atoms with Crippen LogP contribution in [0.3, 0.4) is 0 Å². The summed E-state index contributed by atoms with van der Waals surface area (Å²) in [4.78, 5) is 14.8. The second-order valence-corrected chi connectivity index (χ2v) is 13.4. The van der Waals surface area contributed by atoms with Gasteiger partial charge in [-0.1, -0.05) is 47.6 Å². The van der Waals surface area contributed by atoms with Crippen LogP contribution in [0.25, 0.3) is 0 Å². The Morgan fingerprint density at radius 2 is 1.70 bits per heavy atom. The first kappa shape index (κ1) is 19.8. The quantitative estimate of drug-likeness (QED) is 0.411. The topological polar surface area (TPSA) is 38.7 Å². The lowest BCUT2D eigenvalue weighted by Crippen LogP contribution is -2.40. The van der Waals surface area contributed by atoms with Crippen LogP contribution in [0.4, 0.5) is 5.69 Å². The predicted octanol–water partition coefficient (Wildman–Crippen LogP) is 5.41. The van der Waals surface area contributed by atoms with Crippen LogP contribution >= 0.6 is 0 Å². The van der Waals surface area contributed by atoms with Gasteiger partial charge >= 0.3 is 0 Å². The maximum atomic E-state index is 10.5. The average Bonchev–Trinajstić information content (AvgIpc) is 2.40. The molecule has 128 valence electrons. The zero-order valence-electron chi connectivity index (χ0n) is 15.9. The Bertz CT molecular complexity index is 578. The SMILES string of the molecule is CC(C)(C)c1cc(CO[Si](C)(C)C(C)(C)C)cc(N=CC=O)c1. The highest BCUT2D eigenvalue weighted by Gasteiger charge is 2.37. The Morgan fingerprint density at radius 1 is 1.09 bits per heavy atom. The molecule has 0 saturated carbocycles. The van der Waals surface area contributed by atoms with Gasteiger partial charge in [0, 0.05) is 0 Å². The standard InChI is InChI=1S/C19H31NO2Si/c1-18(2,3)16-11-15(12-17(13-16)20-9-10-21)14-22-23(7,8)19(4,5)6/h9-13H,14H2,1-8H3. The highest BCUT2D eigenvalue weighted by atomic mass is 28.4. The maximum Gasteiger partial charge on any atom is 0.192 e. The van der Waals surface area contributed by atoms with Crippen molar-refractivity contribution >= 4 is 26.5 Å². The molecule has 0 spiro atoms. The van der Waals surface area contributed by atoms with E-state index in [1.54, 1.807) is 0 Å². The lowest BCUT2D eigenvalue weighted by atomic mass is 9.86. The second-order valence-electron chi connectivity index (χ2n) is 8.60. The van der Waals surface area contributed by atoms with Crippen LogP contribution in [0.5, 0.6) is 0 Å². The summed E-state index contributed by atoms with van der Waals surface area (Å²) in [7, 11) is -1.79. The van der Waals surface area contributed by atoms with Gasteiger partial charge in [-0.15, -0.1) is 0 Å². The summed E-state index contributed by atoms with van der Waals surface area (Å²) in [5.74, 6) is 0. The van der Waals surface area contributed by atoms with E-state index in [1.807, 2.05) is 12.1 Å². The number of carbonyl (C=O) groups excluding carboxylic acids is 1. The molecule has 4 heteroatoms. The van der Waals surface area contributed by atoms with Gasteiger partial charge in [0.1, 0.15) is 0 Å². The molecule has 0 amide bonds. The van der Waals surface area contributed by atoms with E-state index in [0.29, 0.717) is 12.9 Å². The van der Waals surface area contributed by atoms with Gasteiger partial charge in [0.2, 0.25) is 0 Å². The average molecular weight is 334 g/mol. The number of hydrogen-bond donors (Lipinski definition) is 0. The molecule has 1 rings (SSSR count). The summed E-state index contributed by atoms with van der Waals surface area (Å²) in [5, 5.41) is 0.188. The fourth-order valence-electron chi connectivity index (χ4n) is 1.86. The monoisotopic (exact) mass is 333 g/mol. The summed E-state index contributed by atoms with van der Waals surface area (Å²) in [6.07, 6.45) is 2.00. The van der Waals surface area contributed by atoms with Crippen molar-refractivity contribution in [1.29, 1.82) is 0 Å². The Morgan fingerprint density at radius 3 is 2.17 bits per heavy atom. The van der Waals surface area contributed by atoms with Crippen LogP contribution in [0, 0.1) is 0 Å². The number of benzene rings is 1. The van der Waals surface area contributed by atoms with Gasteiger partial charge in [-0.2, -0.15) is 0 Å². The molecule has 0 N–H and O–H groups in total. The number of aldehydes is 1. The third-order valence-electron chi connectivity index (χ3n) is 4.53. The molecule has 0 heterocycles. The van der Waals surface area contributed by atoms with E-state index in [0.717, 1.165) is 11.3 Å². The van der Waals surface area contributed by atoms with E-state index >= 15 is 0 Å². The van der Waals surface area contributed by atoms with Crippen molar-refractivity contribution in [3.8, 4) is 0 Å². The summed E-state index contributed by atoms with van der Waals surface area (Å²) in [6.45, 7) is 18.3. The van der Waals surface area contributed by atoms with Crippen molar-refractivity contribution in [1.82, 2.24) is 0 Å². The molecular formula is C19H31NO2Si. The molecule has 3 nitrogen and oxygen atoms in total. The molecule has 0 aromatic heterocycles. The molecule has 0 saturated heterocycles. The molecule has 1 aromatic carbocycles. The number of rotatable bonds is 5. The molecule has 0 fully saturated rings. The van der Waals surface area contributed by atoms with Crippen molar-refractivity contribution in [2.45, 2.75) is 71.7 Å². The van der Waals surface area contributed by atoms with Crippen molar-refractivity contribution in [3.63, 3.8) is 0 Å². The third kappa shape index (κ3) is 5.70. The Balaban J connectivity index is 3.11. The first-order valence-electron chi connectivity index (χ1n) is 8.13. The smallest absolute Gasteiger partial charge is 0.192 e. The van der Waals surface area contributed by atoms with Crippen LogP contribution in [0.15, 0.2) is 23.2 Å². The van der Waals surface area contributed by atoms with Gasteiger partial charge in [0.15, 0.2) is 14.6 Å². The normalized spacial score (nSPS) is 13.6. The van der Waals surface area contributed by atoms with Gasteiger partial charge in [0.05, 0.1) is 18.5 Å². The van der Waals surface area contributed by atoms with Gasteiger partial charge in [-0.05, 0) is 46.8 Å². The van der Waals surface area contributed by atoms with E-state index in [4.69, 9.17) is 4.43 Å². The van der Waals surface area contributed by atoms with Crippen LogP contribution in [0.1, 0.15) is 52.7 Å². The van der Waals surface area contributed by atoms with Crippen LogP contribution < -0.4 is 0 Å². The van der Waals surface area contributed by atoms with Gasteiger partial charge in [0.25, 0.3) is 0 Å². The predicted molar refractivity (Wildman–Crippen MR) is 101 cm³/mol. The van der Waals surface area contributed by atoms with E-state index < -0.39 is 8.32 Å². The van der Waals surface area contributed by atoms with E-state index in [9.17, 15) is 4.79 Å². The molecular weight excluding hydrogens is 302 g/mol. The molecule has 0 aliphatic rings. The molecule has 0 radical (unpaired) electrons. The summed E-state index contributed by atoms with van der Waals surface area (Å²) in [6, 6.07) is 6.23. The van der Waals surface area contributed by atoms with Gasteiger partial charge < -0.3 is 4.43 Å². The van der Waals surface area contributed by atoms with Crippen molar-refractivity contribution in [2.24, 2.45) is 4.99 Å². The first-order valence-corrected chi connectivity index (χ1v) is 11.0. The lowest BCUT2D eigenvalue weighted by Gasteiger charge is -2.36. The van der Waals surface area contributed by atoms with E-state index in [1.165, 1.54) is 11.8 Å². The van der Waals surface area contributed by atoms with Gasteiger partial charge in [-0.25, -0.2) is 0 Å². The highest BCUT2D eigenvalue weighted by Crippen LogP contribution is 2.37. The van der Waals surface area contributed by atoms with Crippen LogP contribution in [-0.4, -0.2) is 20.8 Å². The molecule has 0 aliphatic carbocycles. The summed E-state index contributed by atoms with van der Waals surface area (Å²) >= 11 is 0. The minimum Gasteiger partial charge on any atom is -0.413 e. The molecule has 0 atom stereocenters. The second kappa shape index (κ2) is 7.10. The minimum absolute atomic E-state index is 0.0262. The third-order valence-corrected chi connectivity index (χ3v) is 9.01. The van der Waals surface area contributed by atoms with E-state index in [2.05, 4.69) is 65.7 Å². The number of aliphatic imine (C=N–C) groups is 1. The van der Waals surface area contributed by atoms with Crippen molar-refractivity contribution in [2.75, 3.05) is 0 Å². The summed E-state index contributed by atoms with van der Waals surface area (Å²) < 4.78 is 6.32. The zero-order chi connectivity index (χ0) is 17.9. The molecule has 23 heavy (non-hydrogen) atoms. The Labute approximate surface area is 142 Å². The fourth-order valence-corrected chi connectivity index (χ4v) is 2.82. The van der Waals surface area contributed by atoms with Crippen LogP contribution in [-0.2, 0) is 21.2 Å². The van der Waals surface area contributed by atoms with Crippen molar-refractivity contribution in [3.05, 3.63) is 29.3 Å². The summed E-state index contributed by atoms with van der Waals surface area (Å²) in [5.41, 5.74) is 3.14. The molecule has 1 aromatic rings. The van der Waals surface area contributed by atoms with E-state index in [-0.39, 0.29) is 10.5 Å². The highest BCUT2D eigenvalue weighted by molar-refractivity contribution is 6.74. The fraction of sp³-hybridized carbons (Fsp3) is 0.579. The first-order chi connectivity index (χ1) is 10.4. The maximum absolute atomic E-state index is 10.5.